The van der Waals surface area contributed by atoms with Crippen molar-refractivity contribution in [2.24, 2.45) is 5.92 Å². The third-order valence-corrected chi connectivity index (χ3v) is 7.25. The molecule has 0 aliphatic carbocycles. The van der Waals surface area contributed by atoms with Crippen LogP contribution >= 0.6 is 11.8 Å². The molecule has 1 heterocycles. The molecule has 3 aromatic rings. The van der Waals surface area contributed by atoms with Crippen LogP contribution in [0.5, 0.6) is 0 Å². The highest BCUT2D eigenvalue weighted by Gasteiger charge is 2.48. The van der Waals surface area contributed by atoms with Gasteiger partial charge in [-0.05, 0) is 42.2 Å². The van der Waals surface area contributed by atoms with E-state index >= 15 is 0 Å². The number of thioether (sulfide) groups is 1. The number of esters is 3. The average molecular weight is 535 g/mol. The van der Waals surface area contributed by atoms with Crippen LogP contribution in [0.1, 0.15) is 44.9 Å². The van der Waals surface area contributed by atoms with Crippen LogP contribution in [0.25, 0.3) is 0 Å². The van der Waals surface area contributed by atoms with Gasteiger partial charge in [0.05, 0.1) is 16.7 Å². The minimum atomic E-state index is -0.839. The minimum absolute atomic E-state index is 0.134. The third-order valence-electron chi connectivity index (χ3n) is 6.20. The predicted molar refractivity (Wildman–Crippen MR) is 144 cm³/mol. The van der Waals surface area contributed by atoms with Crippen molar-refractivity contribution in [3.8, 4) is 0 Å². The van der Waals surface area contributed by atoms with Crippen molar-refractivity contribution in [3.05, 3.63) is 108 Å². The number of rotatable bonds is 9. The van der Waals surface area contributed by atoms with Crippen LogP contribution in [0.4, 0.5) is 0 Å². The number of hydrogen-bond donors (Lipinski definition) is 0. The Balaban J connectivity index is 1.57. The molecule has 198 valence electrons. The summed E-state index contributed by atoms with van der Waals surface area (Å²) in [4.78, 5) is 38.6. The Kier molecular flexibility index (Phi) is 9.56. The zero-order valence-corrected chi connectivity index (χ0v) is 22.0. The molecule has 0 amide bonds. The van der Waals surface area contributed by atoms with Gasteiger partial charge in [-0.25, -0.2) is 14.4 Å². The SMILES string of the molecule is CCS[C@@H]1OC(COC(=O)c2ccccc2)[C@H](OC(=O)c2ccccc2)[C@H](C)C1OC(=O)c1ccccc1. The molecule has 0 bridgehead atoms. The summed E-state index contributed by atoms with van der Waals surface area (Å²) in [5.41, 5.74) is 0.650. The van der Waals surface area contributed by atoms with Crippen LogP contribution in [0.15, 0.2) is 91.0 Å². The fraction of sp³-hybridized carbons (Fsp3) is 0.300. The van der Waals surface area contributed by atoms with E-state index in [9.17, 15) is 14.4 Å². The Labute approximate surface area is 226 Å². The molecule has 1 saturated heterocycles. The molecule has 3 aromatic carbocycles. The minimum Gasteiger partial charge on any atom is -0.459 e. The van der Waals surface area contributed by atoms with E-state index in [-0.39, 0.29) is 6.61 Å². The molecule has 1 aliphatic heterocycles. The summed E-state index contributed by atoms with van der Waals surface area (Å²) in [7, 11) is 0. The van der Waals surface area contributed by atoms with E-state index in [4.69, 9.17) is 18.9 Å². The molecule has 38 heavy (non-hydrogen) atoms. The summed E-state index contributed by atoms with van der Waals surface area (Å²) >= 11 is 1.47. The number of carbonyl (C=O) groups excluding carboxylic acids is 3. The molecule has 2 unspecified atom stereocenters. The van der Waals surface area contributed by atoms with Gasteiger partial charge in [0, 0.05) is 5.92 Å². The molecule has 0 radical (unpaired) electrons. The standard InChI is InChI=1S/C30H30O7S/c1-3-38-30-26(37-29(33)23-17-11-6-12-18-23)20(2)25(36-28(32)22-15-9-5-10-16-22)24(35-30)19-34-27(31)21-13-7-4-8-14-21/h4-18,20,24-26,30H,3,19H2,1-2H3/t20-,24?,25+,26?,30-/m0/s1. The van der Waals surface area contributed by atoms with Crippen molar-refractivity contribution in [2.75, 3.05) is 12.4 Å². The summed E-state index contributed by atoms with van der Waals surface area (Å²) in [6.45, 7) is 3.69. The summed E-state index contributed by atoms with van der Waals surface area (Å²) in [6.07, 6.45) is -2.31. The summed E-state index contributed by atoms with van der Waals surface area (Å²) in [5.74, 6) is -1.29. The molecule has 0 aromatic heterocycles. The van der Waals surface area contributed by atoms with Gasteiger partial charge in [-0.2, -0.15) is 0 Å². The number of carbonyl (C=O) groups is 3. The first-order chi connectivity index (χ1) is 18.5. The van der Waals surface area contributed by atoms with Crippen molar-refractivity contribution < 1.29 is 33.3 Å². The lowest BCUT2D eigenvalue weighted by Crippen LogP contribution is -2.56. The largest absolute Gasteiger partial charge is 0.459 e. The highest BCUT2D eigenvalue weighted by Crippen LogP contribution is 2.36. The maximum absolute atomic E-state index is 13.0. The highest BCUT2D eigenvalue weighted by molar-refractivity contribution is 7.99. The maximum atomic E-state index is 13.0. The van der Waals surface area contributed by atoms with Gasteiger partial charge in [0.15, 0.2) is 0 Å². The molecule has 4 rings (SSSR count). The van der Waals surface area contributed by atoms with E-state index in [0.717, 1.165) is 0 Å². The van der Waals surface area contributed by atoms with Gasteiger partial charge < -0.3 is 18.9 Å². The lowest BCUT2D eigenvalue weighted by molar-refractivity contribution is -0.180. The molecular weight excluding hydrogens is 504 g/mol. The summed E-state index contributed by atoms with van der Waals surface area (Å²) < 4.78 is 23.7. The fourth-order valence-electron chi connectivity index (χ4n) is 4.23. The maximum Gasteiger partial charge on any atom is 0.338 e. The van der Waals surface area contributed by atoms with Gasteiger partial charge >= 0.3 is 17.9 Å². The smallest absolute Gasteiger partial charge is 0.338 e. The number of hydrogen-bond acceptors (Lipinski definition) is 8. The van der Waals surface area contributed by atoms with E-state index in [2.05, 4.69) is 0 Å². The average Bonchev–Trinajstić information content (AvgIpc) is 2.96. The Morgan fingerprint density at radius 1 is 0.711 bits per heavy atom. The van der Waals surface area contributed by atoms with Crippen molar-refractivity contribution in [1.29, 1.82) is 0 Å². The molecule has 0 saturated carbocycles. The lowest BCUT2D eigenvalue weighted by atomic mass is 9.91. The quantitative estimate of drug-likeness (QED) is 0.266. The lowest BCUT2D eigenvalue weighted by Gasteiger charge is -2.44. The van der Waals surface area contributed by atoms with Crippen LogP contribution < -0.4 is 0 Å². The molecule has 7 nitrogen and oxygen atoms in total. The Morgan fingerprint density at radius 3 is 1.63 bits per heavy atom. The fourth-order valence-corrected chi connectivity index (χ4v) is 5.27. The Bertz CT molecular complexity index is 1200. The van der Waals surface area contributed by atoms with Crippen LogP contribution in [0.3, 0.4) is 0 Å². The van der Waals surface area contributed by atoms with Crippen LogP contribution in [-0.2, 0) is 18.9 Å². The van der Waals surface area contributed by atoms with Crippen molar-refractivity contribution in [1.82, 2.24) is 0 Å². The van der Waals surface area contributed by atoms with Crippen molar-refractivity contribution in [2.45, 2.75) is 37.6 Å². The normalized spacial score (nSPS) is 22.7. The zero-order valence-electron chi connectivity index (χ0n) is 21.2. The summed E-state index contributed by atoms with van der Waals surface area (Å²) in [6, 6.07) is 25.9. The topological polar surface area (TPSA) is 88.1 Å². The molecule has 5 atom stereocenters. The predicted octanol–water partition coefficient (Wildman–Crippen LogP) is 5.41. The second-order valence-corrected chi connectivity index (χ2v) is 10.2. The number of ether oxygens (including phenoxy) is 4. The van der Waals surface area contributed by atoms with Gasteiger partial charge in [-0.15, -0.1) is 11.8 Å². The number of benzene rings is 3. The van der Waals surface area contributed by atoms with Crippen molar-refractivity contribution in [3.63, 3.8) is 0 Å². The first-order valence-corrected chi connectivity index (χ1v) is 13.5. The molecular formula is C30H30O7S. The molecule has 8 heteroatoms. The molecule has 0 spiro atoms. The molecule has 1 aliphatic rings. The first-order valence-electron chi connectivity index (χ1n) is 12.5. The third kappa shape index (κ3) is 6.82. The van der Waals surface area contributed by atoms with Gasteiger partial charge in [-0.3, -0.25) is 0 Å². The zero-order chi connectivity index (χ0) is 26.9. The highest BCUT2D eigenvalue weighted by atomic mass is 32.2. The van der Waals surface area contributed by atoms with E-state index < -0.39 is 47.6 Å². The van der Waals surface area contributed by atoms with E-state index in [1.165, 1.54) is 11.8 Å². The van der Waals surface area contributed by atoms with Gasteiger partial charge in [0.25, 0.3) is 0 Å². The Hall–Kier alpha value is -3.62. The Morgan fingerprint density at radius 2 is 1.16 bits per heavy atom. The monoisotopic (exact) mass is 534 g/mol. The molecule has 0 N–H and O–H groups in total. The van der Waals surface area contributed by atoms with E-state index in [1.54, 1.807) is 78.9 Å². The van der Waals surface area contributed by atoms with E-state index in [0.29, 0.717) is 22.4 Å². The van der Waals surface area contributed by atoms with E-state index in [1.807, 2.05) is 26.0 Å². The van der Waals surface area contributed by atoms with Crippen LogP contribution in [0.2, 0.25) is 0 Å². The van der Waals surface area contributed by atoms with Crippen LogP contribution in [-0.4, -0.2) is 54.0 Å². The van der Waals surface area contributed by atoms with Gasteiger partial charge in [0.1, 0.15) is 30.4 Å². The molecule has 1 fully saturated rings. The summed E-state index contributed by atoms with van der Waals surface area (Å²) in [5, 5.41) is 0. The van der Waals surface area contributed by atoms with Crippen molar-refractivity contribution >= 4 is 29.7 Å². The van der Waals surface area contributed by atoms with Gasteiger partial charge in [0.2, 0.25) is 0 Å². The van der Waals surface area contributed by atoms with Gasteiger partial charge in [-0.1, -0.05) is 68.4 Å². The second-order valence-electron chi connectivity index (χ2n) is 8.79. The van der Waals surface area contributed by atoms with Crippen LogP contribution in [0, 0.1) is 5.92 Å². The second kappa shape index (κ2) is 13.3. The first kappa shape index (κ1) is 27.4.